The van der Waals surface area contributed by atoms with Crippen LogP contribution in [0.3, 0.4) is 0 Å². The number of aliphatic hydroxyl groups excluding tert-OH is 1. The number of carbonyl (C=O) groups excluding carboxylic acids is 1. The second kappa shape index (κ2) is 9.37. The van der Waals surface area contributed by atoms with Gasteiger partial charge in [-0.1, -0.05) is 17.7 Å². The second-order valence-corrected chi connectivity index (χ2v) is 8.85. The lowest BCUT2D eigenvalue weighted by atomic mass is 10.0. The van der Waals surface area contributed by atoms with Gasteiger partial charge < -0.3 is 24.7 Å². The van der Waals surface area contributed by atoms with Crippen molar-refractivity contribution in [1.82, 2.24) is 14.9 Å². The first-order chi connectivity index (χ1) is 16.2. The number of H-pyrrole nitrogens is 1. The van der Waals surface area contributed by atoms with Gasteiger partial charge >= 0.3 is 0 Å². The second-order valence-electron chi connectivity index (χ2n) is 8.42. The topological polar surface area (TPSA) is 96.4 Å². The van der Waals surface area contributed by atoms with Crippen molar-refractivity contribution in [2.24, 2.45) is 7.05 Å². The first-order valence-corrected chi connectivity index (χ1v) is 11.2. The molecule has 2 aromatic carbocycles. The minimum atomic E-state index is -0.389. The highest BCUT2D eigenvalue weighted by molar-refractivity contribution is 6.30. The number of nitrogens with one attached hydrogen (secondary N) is 2. The fourth-order valence-electron chi connectivity index (χ4n) is 4.09. The van der Waals surface area contributed by atoms with E-state index in [1.165, 1.54) is 4.57 Å². The highest BCUT2D eigenvalue weighted by Gasteiger charge is 2.17. The molecular formula is C26H26ClN3O4. The Kier molecular flexibility index (Phi) is 6.50. The zero-order valence-corrected chi connectivity index (χ0v) is 20.2. The van der Waals surface area contributed by atoms with Gasteiger partial charge in [0.05, 0.1) is 6.61 Å². The van der Waals surface area contributed by atoms with E-state index in [1.54, 1.807) is 19.3 Å². The molecule has 0 fully saturated rings. The molecule has 0 aliphatic carbocycles. The minimum Gasteiger partial charge on any atom is -0.457 e. The van der Waals surface area contributed by atoms with Crippen molar-refractivity contribution in [1.29, 1.82) is 0 Å². The van der Waals surface area contributed by atoms with Gasteiger partial charge in [0.2, 0.25) is 0 Å². The number of pyridine rings is 1. The Bertz CT molecular complexity index is 1450. The number of ether oxygens (including phenoxy) is 1. The molecule has 0 aliphatic rings. The van der Waals surface area contributed by atoms with Crippen LogP contribution in [0.4, 0.5) is 0 Å². The third-order valence-corrected chi connectivity index (χ3v) is 5.83. The predicted molar refractivity (Wildman–Crippen MR) is 134 cm³/mol. The number of halogens is 1. The smallest absolute Gasteiger partial charge is 0.274 e. The molecule has 2 heterocycles. The fourth-order valence-corrected chi connectivity index (χ4v) is 4.42. The van der Waals surface area contributed by atoms with E-state index in [0.717, 1.165) is 33.6 Å². The van der Waals surface area contributed by atoms with Gasteiger partial charge in [-0.15, -0.1) is 0 Å². The molecule has 0 atom stereocenters. The molecule has 0 unspecified atom stereocenters. The molecule has 0 aliphatic heterocycles. The van der Waals surface area contributed by atoms with E-state index in [9.17, 15) is 9.59 Å². The third kappa shape index (κ3) is 4.58. The van der Waals surface area contributed by atoms with Crippen LogP contribution in [0.15, 0.2) is 47.4 Å². The number of benzene rings is 2. The van der Waals surface area contributed by atoms with E-state index in [4.69, 9.17) is 21.4 Å². The van der Waals surface area contributed by atoms with Crippen LogP contribution >= 0.6 is 11.6 Å². The summed E-state index contributed by atoms with van der Waals surface area (Å²) in [6.45, 7) is 5.83. The van der Waals surface area contributed by atoms with Gasteiger partial charge in [0.1, 0.15) is 22.7 Å². The SMILES string of the molecule is Cc1cc(Oc2c(C)cc(Cl)cc2C)cc(-c2cn(C)c(=O)c3[nH]c(C(=O)NCCO)cc23)c1. The average molecular weight is 480 g/mol. The zero-order valence-electron chi connectivity index (χ0n) is 19.5. The first-order valence-electron chi connectivity index (χ1n) is 10.9. The molecule has 8 heteroatoms. The van der Waals surface area contributed by atoms with E-state index in [2.05, 4.69) is 10.3 Å². The third-order valence-electron chi connectivity index (χ3n) is 5.61. The molecule has 0 saturated carbocycles. The van der Waals surface area contributed by atoms with Crippen LogP contribution < -0.4 is 15.6 Å². The lowest BCUT2D eigenvalue weighted by molar-refractivity contribution is 0.0940. The number of aliphatic hydroxyl groups is 1. The summed E-state index contributed by atoms with van der Waals surface area (Å²) in [5, 5.41) is 12.9. The summed E-state index contributed by atoms with van der Waals surface area (Å²) in [6.07, 6.45) is 1.76. The summed E-state index contributed by atoms with van der Waals surface area (Å²) in [7, 11) is 1.67. The molecule has 4 aromatic rings. The molecular weight excluding hydrogens is 454 g/mol. The van der Waals surface area contributed by atoms with E-state index in [-0.39, 0.29) is 30.3 Å². The van der Waals surface area contributed by atoms with Crippen molar-refractivity contribution in [3.8, 4) is 22.6 Å². The van der Waals surface area contributed by atoms with Crippen molar-refractivity contribution >= 4 is 28.4 Å². The van der Waals surface area contributed by atoms with Gasteiger partial charge in [-0.25, -0.2) is 0 Å². The maximum Gasteiger partial charge on any atom is 0.274 e. The van der Waals surface area contributed by atoms with Gasteiger partial charge in [-0.2, -0.15) is 0 Å². The number of aromatic nitrogens is 2. The minimum absolute atomic E-state index is 0.126. The van der Waals surface area contributed by atoms with Crippen LogP contribution in [0, 0.1) is 20.8 Å². The largest absolute Gasteiger partial charge is 0.457 e. The van der Waals surface area contributed by atoms with Crippen LogP contribution in [0.5, 0.6) is 11.5 Å². The molecule has 176 valence electrons. The molecule has 7 nitrogen and oxygen atoms in total. The Morgan fingerprint density at radius 3 is 2.50 bits per heavy atom. The molecule has 34 heavy (non-hydrogen) atoms. The number of rotatable bonds is 6. The van der Waals surface area contributed by atoms with E-state index in [0.29, 0.717) is 21.7 Å². The Morgan fingerprint density at radius 2 is 1.82 bits per heavy atom. The number of aryl methyl sites for hydroxylation is 4. The van der Waals surface area contributed by atoms with Crippen LogP contribution in [0.25, 0.3) is 22.0 Å². The van der Waals surface area contributed by atoms with Gasteiger partial charge in [0, 0.05) is 35.8 Å². The molecule has 1 amide bonds. The number of fused-ring (bicyclic) bond motifs is 1. The number of hydrogen-bond donors (Lipinski definition) is 3. The van der Waals surface area contributed by atoms with E-state index in [1.807, 2.05) is 51.1 Å². The lowest BCUT2D eigenvalue weighted by Crippen LogP contribution is -2.26. The van der Waals surface area contributed by atoms with Gasteiger partial charge in [-0.05, 0) is 73.4 Å². The summed E-state index contributed by atoms with van der Waals surface area (Å²) in [4.78, 5) is 28.1. The Morgan fingerprint density at radius 1 is 1.12 bits per heavy atom. The zero-order chi connectivity index (χ0) is 24.6. The highest BCUT2D eigenvalue weighted by Crippen LogP contribution is 2.35. The summed E-state index contributed by atoms with van der Waals surface area (Å²) in [6, 6.07) is 11.3. The van der Waals surface area contributed by atoms with Crippen molar-refractivity contribution < 1.29 is 14.6 Å². The van der Waals surface area contributed by atoms with Crippen molar-refractivity contribution in [3.63, 3.8) is 0 Å². The number of carbonyl (C=O) groups is 1. The summed E-state index contributed by atoms with van der Waals surface area (Å²) >= 11 is 6.16. The van der Waals surface area contributed by atoms with Gasteiger partial charge in [0.25, 0.3) is 11.5 Å². The Labute approximate surface area is 202 Å². The van der Waals surface area contributed by atoms with Crippen LogP contribution in [0.2, 0.25) is 5.02 Å². The van der Waals surface area contributed by atoms with Gasteiger partial charge in [0.15, 0.2) is 0 Å². The molecule has 2 aromatic heterocycles. The fraction of sp³-hybridized carbons (Fsp3) is 0.231. The maximum absolute atomic E-state index is 12.8. The van der Waals surface area contributed by atoms with Gasteiger partial charge in [-0.3, -0.25) is 9.59 Å². The molecule has 4 rings (SSSR count). The van der Waals surface area contributed by atoms with E-state index < -0.39 is 0 Å². The first kappa shape index (κ1) is 23.6. The van der Waals surface area contributed by atoms with Crippen LogP contribution in [-0.2, 0) is 7.05 Å². The van der Waals surface area contributed by atoms with Crippen LogP contribution in [0.1, 0.15) is 27.2 Å². The summed E-state index contributed by atoms with van der Waals surface area (Å²) in [5.41, 5.74) is 4.83. The predicted octanol–water partition coefficient (Wildman–Crippen LogP) is 4.63. The standard InChI is InChI=1S/C26H26ClN3O4/c1-14-7-17(11-19(8-14)34-24-15(2)9-18(27)10-16(24)3)21-13-30(4)26(33)23-20(21)12-22(29-23)25(32)28-5-6-31/h7-13,29,31H,5-6H2,1-4H3,(H,28,32). The monoisotopic (exact) mass is 479 g/mol. The van der Waals surface area contributed by atoms with E-state index >= 15 is 0 Å². The number of nitrogens with zero attached hydrogens (tertiary/aromatic N) is 1. The normalized spacial score (nSPS) is 11.1. The lowest BCUT2D eigenvalue weighted by Gasteiger charge is -2.15. The molecule has 0 radical (unpaired) electrons. The molecule has 0 saturated heterocycles. The average Bonchev–Trinajstić information content (AvgIpc) is 3.22. The quantitative estimate of drug-likeness (QED) is 0.375. The summed E-state index contributed by atoms with van der Waals surface area (Å²) in [5.74, 6) is 1.01. The number of aromatic amines is 1. The maximum atomic E-state index is 12.8. The molecule has 0 bridgehead atoms. The van der Waals surface area contributed by atoms with Crippen LogP contribution in [-0.4, -0.2) is 33.7 Å². The van der Waals surface area contributed by atoms with Crippen molar-refractivity contribution in [2.75, 3.05) is 13.2 Å². The Hall–Kier alpha value is -3.55. The molecule has 0 spiro atoms. The number of hydrogen-bond acceptors (Lipinski definition) is 4. The molecule has 3 N–H and O–H groups in total. The van der Waals surface area contributed by atoms with Crippen molar-refractivity contribution in [3.05, 3.63) is 80.4 Å². The summed E-state index contributed by atoms with van der Waals surface area (Å²) < 4.78 is 7.75. The number of amides is 1. The highest BCUT2D eigenvalue weighted by atomic mass is 35.5. The van der Waals surface area contributed by atoms with Crippen molar-refractivity contribution in [2.45, 2.75) is 20.8 Å². The Balaban J connectivity index is 1.82.